The van der Waals surface area contributed by atoms with Crippen LogP contribution in [0.15, 0.2) is 182 Å². The zero-order valence-corrected chi connectivity index (χ0v) is 35.3. The molecule has 2 aliphatic carbocycles. The second-order valence-corrected chi connectivity index (χ2v) is 18.6. The predicted molar refractivity (Wildman–Crippen MR) is 251 cm³/mol. The highest BCUT2D eigenvalue weighted by molar-refractivity contribution is 5.94. The number of para-hydroxylation sites is 1. The zero-order chi connectivity index (χ0) is 40.7. The smallest absolute Gasteiger partial charge is 0.0540 e. The Morgan fingerprint density at radius 3 is 1.47 bits per heavy atom. The van der Waals surface area contributed by atoms with Gasteiger partial charge in [0.15, 0.2) is 0 Å². The predicted octanol–water partition coefficient (Wildman–Crippen LogP) is 16.1. The van der Waals surface area contributed by atoms with Crippen LogP contribution in [0.5, 0.6) is 0 Å². The van der Waals surface area contributed by atoms with Gasteiger partial charge in [0, 0.05) is 27.8 Å². The van der Waals surface area contributed by atoms with E-state index in [-0.39, 0.29) is 16.2 Å². The van der Waals surface area contributed by atoms with Crippen molar-refractivity contribution in [2.75, 3.05) is 4.90 Å². The molecule has 0 fully saturated rings. The van der Waals surface area contributed by atoms with Gasteiger partial charge in [0.25, 0.3) is 0 Å². The van der Waals surface area contributed by atoms with Gasteiger partial charge in [-0.25, -0.2) is 0 Å². The fourth-order valence-electron chi connectivity index (χ4n) is 10.2. The monoisotopic (exact) mass is 761 g/mol. The van der Waals surface area contributed by atoms with E-state index in [1.807, 2.05) is 0 Å². The summed E-state index contributed by atoms with van der Waals surface area (Å²) in [7, 11) is 0. The summed E-state index contributed by atoms with van der Waals surface area (Å²) in [5.74, 6) is 0. The summed E-state index contributed by atoms with van der Waals surface area (Å²) in [4.78, 5) is 2.46. The van der Waals surface area contributed by atoms with E-state index >= 15 is 0 Å². The maximum atomic E-state index is 2.46. The molecule has 0 amide bonds. The lowest BCUT2D eigenvalue weighted by molar-refractivity contribution is 0.590. The lowest BCUT2D eigenvalue weighted by Crippen LogP contribution is -2.17. The van der Waals surface area contributed by atoms with Gasteiger partial charge >= 0.3 is 0 Å². The summed E-state index contributed by atoms with van der Waals surface area (Å²) in [5.41, 5.74) is 22.9. The first-order valence-corrected chi connectivity index (χ1v) is 21.1. The maximum absolute atomic E-state index is 2.46. The third-order valence-electron chi connectivity index (χ3n) is 13.3. The topological polar surface area (TPSA) is 3.24 Å². The van der Waals surface area contributed by atoms with Crippen molar-refractivity contribution in [2.45, 2.75) is 64.7 Å². The Labute approximate surface area is 350 Å². The largest absolute Gasteiger partial charge is 0.310 e. The van der Waals surface area contributed by atoms with Gasteiger partial charge in [-0.05, 0) is 114 Å². The van der Waals surface area contributed by atoms with Crippen LogP contribution in [0.25, 0.3) is 55.6 Å². The molecule has 0 bridgehead atoms. The normalized spacial score (nSPS) is 14.3. The minimum absolute atomic E-state index is 0.0843. The van der Waals surface area contributed by atoms with Gasteiger partial charge in [0.1, 0.15) is 0 Å². The summed E-state index contributed by atoms with van der Waals surface area (Å²) in [5, 5.41) is 0. The molecule has 1 heteroatoms. The minimum atomic E-state index is -0.114. The Morgan fingerprint density at radius 1 is 0.356 bits per heavy atom. The molecule has 8 aromatic rings. The van der Waals surface area contributed by atoms with Crippen LogP contribution in [-0.2, 0) is 16.2 Å². The molecule has 1 nitrogen and oxygen atoms in total. The summed E-state index contributed by atoms with van der Waals surface area (Å²) in [6.45, 7) is 16.3. The molecule has 0 saturated carbocycles. The van der Waals surface area contributed by atoms with E-state index in [0.717, 1.165) is 17.1 Å². The zero-order valence-electron chi connectivity index (χ0n) is 35.3. The summed E-state index contributed by atoms with van der Waals surface area (Å²) < 4.78 is 0. The fraction of sp³-hybridized carbons (Fsp3) is 0.172. The Morgan fingerprint density at radius 2 is 0.814 bits per heavy atom. The molecule has 59 heavy (non-hydrogen) atoms. The van der Waals surface area contributed by atoms with Crippen molar-refractivity contribution in [3.63, 3.8) is 0 Å². The van der Waals surface area contributed by atoms with E-state index in [2.05, 4.69) is 235 Å². The number of anilines is 3. The molecule has 0 N–H and O–H groups in total. The molecule has 0 aromatic heterocycles. The van der Waals surface area contributed by atoms with E-state index in [1.54, 1.807) is 0 Å². The van der Waals surface area contributed by atoms with E-state index in [4.69, 9.17) is 0 Å². The van der Waals surface area contributed by atoms with Crippen molar-refractivity contribution in [1.82, 2.24) is 0 Å². The quantitative estimate of drug-likeness (QED) is 0.163. The van der Waals surface area contributed by atoms with Gasteiger partial charge < -0.3 is 4.90 Å². The van der Waals surface area contributed by atoms with Crippen molar-refractivity contribution in [3.8, 4) is 55.6 Å². The summed E-state index contributed by atoms with van der Waals surface area (Å²) >= 11 is 0. The first-order chi connectivity index (χ1) is 28.4. The van der Waals surface area contributed by atoms with Crippen molar-refractivity contribution < 1.29 is 0 Å². The van der Waals surface area contributed by atoms with Crippen LogP contribution in [0.4, 0.5) is 17.1 Å². The second-order valence-electron chi connectivity index (χ2n) is 18.6. The molecule has 8 aromatic carbocycles. The number of hydrogen-bond acceptors (Lipinski definition) is 1. The molecule has 288 valence electrons. The molecular formula is C58H51N. The van der Waals surface area contributed by atoms with Crippen LogP contribution in [0.1, 0.15) is 76.3 Å². The van der Waals surface area contributed by atoms with Gasteiger partial charge in [-0.15, -0.1) is 0 Å². The van der Waals surface area contributed by atoms with Crippen LogP contribution in [0.3, 0.4) is 0 Å². The highest BCUT2D eigenvalue weighted by Crippen LogP contribution is 2.54. The Bertz CT molecular complexity index is 2900. The van der Waals surface area contributed by atoms with Crippen molar-refractivity contribution in [3.05, 3.63) is 210 Å². The molecule has 10 rings (SSSR count). The highest BCUT2D eigenvalue weighted by Gasteiger charge is 2.38. The molecule has 0 aliphatic heterocycles. The molecule has 0 radical (unpaired) electrons. The van der Waals surface area contributed by atoms with Crippen LogP contribution in [0, 0.1) is 0 Å². The van der Waals surface area contributed by atoms with Gasteiger partial charge in [-0.1, -0.05) is 200 Å². The minimum Gasteiger partial charge on any atom is -0.310 e. The van der Waals surface area contributed by atoms with Crippen LogP contribution >= 0.6 is 0 Å². The van der Waals surface area contributed by atoms with Crippen LogP contribution in [-0.4, -0.2) is 0 Å². The van der Waals surface area contributed by atoms with Crippen molar-refractivity contribution in [2.24, 2.45) is 0 Å². The molecule has 0 saturated heterocycles. The van der Waals surface area contributed by atoms with Crippen molar-refractivity contribution >= 4 is 17.1 Å². The first kappa shape index (κ1) is 36.9. The highest BCUT2D eigenvalue weighted by atomic mass is 15.1. The number of nitrogens with zero attached hydrogens (tertiary/aromatic N) is 1. The molecule has 0 unspecified atom stereocenters. The van der Waals surface area contributed by atoms with Gasteiger partial charge in [-0.3, -0.25) is 0 Å². The summed E-state index contributed by atoms with van der Waals surface area (Å²) in [6.07, 6.45) is 0. The van der Waals surface area contributed by atoms with Gasteiger partial charge in [0.2, 0.25) is 0 Å². The average Bonchev–Trinajstić information content (AvgIpc) is 3.63. The fourth-order valence-corrected chi connectivity index (χ4v) is 10.2. The number of hydrogen-bond donors (Lipinski definition) is 0. The van der Waals surface area contributed by atoms with Crippen LogP contribution in [0.2, 0.25) is 0 Å². The number of fused-ring (bicyclic) bond motifs is 6. The van der Waals surface area contributed by atoms with Gasteiger partial charge in [-0.2, -0.15) is 0 Å². The van der Waals surface area contributed by atoms with Gasteiger partial charge in [0.05, 0.1) is 5.69 Å². The second kappa shape index (κ2) is 13.6. The molecule has 0 spiro atoms. The Hall–Kier alpha value is -6.44. The third kappa shape index (κ3) is 5.90. The molecule has 0 atom stereocenters. The van der Waals surface area contributed by atoms with E-state index < -0.39 is 0 Å². The molecular weight excluding hydrogens is 711 g/mol. The average molecular weight is 762 g/mol. The third-order valence-corrected chi connectivity index (χ3v) is 13.3. The van der Waals surface area contributed by atoms with E-state index in [9.17, 15) is 0 Å². The van der Waals surface area contributed by atoms with Crippen molar-refractivity contribution in [1.29, 1.82) is 0 Å². The van der Waals surface area contributed by atoms with E-state index in [1.165, 1.54) is 83.5 Å². The Balaban J connectivity index is 1.11. The SMILES string of the molecule is CC(C)(C)c1ccc(-c2ccccc2N(c2ccc(-c3ccccc3-c3cccc4c3C(C)(C)c3ccccc3-4)cc2)c2ccc3c(c2)C(C)(C)c2ccccc2-3)cc1. The standard InChI is InChI=1S/C58H51N/c1-56(2,3)40-31-27-39(28-32-40)44-18-12-15-26-54(44)59(42-35-36-48-46-20-10-13-24-51(46)57(4,5)53(48)37-42)41-33-29-38(30-34-41)43-17-8-9-19-45(43)49-22-16-23-50-47-21-11-14-25-52(47)58(6,7)55(49)50/h8-37H,1-7H3. The summed E-state index contributed by atoms with van der Waals surface area (Å²) in [6, 6.07) is 68.0. The van der Waals surface area contributed by atoms with E-state index in [0.29, 0.717) is 0 Å². The molecule has 2 aliphatic rings. The maximum Gasteiger partial charge on any atom is 0.0540 e. The first-order valence-electron chi connectivity index (χ1n) is 21.1. The molecule has 0 heterocycles. The Kier molecular flexibility index (Phi) is 8.48. The van der Waals surface area contributed by atoms with Crippen LogP contribution < -0.4 is 4.90 Å². The number of benzene rings is 8. The number of rotatable bonds is 6. The lowest BCUT2D eigenvalue weighted by Gasteiger charge is -2.30. The lowest BCUT2D eigenvalue weighted by atomic mass is 9.78.